The molecule has 0 aromatic carbocycles. The largest absolute Gasteiger partial charge is 0.376 e. The lowest BCUT2D eigenvalue weighted by atomic mass is 10.2. The summed E-state index contributed by atoms with van der Waals surface area (Å²) in [5.74, 6) is 0.634. The molecular formula is C14H22N4O4. The number of ether oxygens (including phenoxy) is 1. The van der Waals surface area contributed by atoms with E-state index in [9.17, 15) is 9.59 Å². The first kappa shape index (κ1) is 16.3. The molecule has 1 aromatic heterocycles. The summed E-state index contributed by atoms with van der Waals surface area (Å²) >= 11 is 0. The van der Waals surface area contributed by atoms with Crippen molar-refractivity contribution in [1.29, 1.82) is 0 Å². The molecule has 8 nitrogen and oxygen atoms in total. The van der Waals surface area contributed by atoms with Crippen molar-refractivity contribution in [3.8, 4) is 0 Å². The summed E-state index contributed by atoms with van der Waals surface area (Å²) < 4.78 is 10.4. The van der Waals surface area contributed by atoms with E-state index in [0.29, 0.717) is 24.7 Å². The lowest BCUT2D eigenvalue weighted by Crippen LogP contribution is -2.46. The van der Waals surface area contributed by atoms with Crippen LogP contribution in [0.5, 0.6) is 0 Å². The minimum absolute atomic E-state index is 0.00834. The van der Waals surface area contributed by atoms with Gasteiger partial charge in [0.25, 0.3) is 0 Å². The van der Waals surface area contributed by atoms with Crippen molar-refractivity contribution < 1.29 is 18.8 Å². The SMILES string of the molecule is Cc1cc(NC(=O)CN(CC2CCCO2)C(=O)N(C)C)no1. The van der Waals surface area contributed by atoms with Gasteiger partial charge >= 0.3 is 6.03 Å². The van der Waals surface area contributed by atoms with Gasteiger partial charge < -0.3 is 24.4 Å². The minimum atomic E-state index is -0.318. The van der Waals surface area contributed by atoms with Gasteiger partial charge in [0.2, 0.25) is 5.91 Å². The van der Waals surface area contributed by atoms with Gasteiger partial charge in [-0.15, -0.1) is 0 Å². The second-order valence-electron chi connectivity index (χ2n) is 5.56. The zero-order valence-corrected chi connectivity index (χ0v) is 13.2. The van der Waals surface area contributed by atoms with Crippen LogP contribution < -0.4 is 5.32 Å². The molecule has 1 N–H and O–H groups in total. The van der Waals surface area contributed by atoms with Crippen LogP contribution in [0.2, 0.25) is 0 Å². The number of hydrogen-bond acceptors (Lipinski definition) is 5. The number of carbonyl (C=O) groups is 2. The zero-order chi connectivity index (χ0) is 16.1. The Kier molecular flexibility index (Phi) is 5.37. The highest BCUT2D eigenvalue weighted by molar-refractivity contribution is 5.93. The standard InChI is InChI=1S/C14H22N4O4/c1-10-7-12(16-22-10)15-13(19)9-18(14(20)17(2)3)8-11-5-4-6-21-11/h7,11H,4-6,8-9H2,1-3H3,(H,15,16,19). The smallest absolute Gasteiger partial charge is 0.320 e. The molecule has 122 valence electrons. The molecule has 1 aliphatic heterocycles. The van der Waals surface area contributed by atoms with E-state index in [-0.39, 0.29) is 24.6 Å². The Morgan fingerprint density at radius 3 is 2.77 bits per heavy atom. The molecule has 1 unspecified atom stereocenters. The number of aryl methyl sites for hydroxylation is 1. The molecule has 1 saturated heterocycles. The maximum Gasteiger partial charge on any atom is 0.320 e. The van der Waals surface area contributed by atoms with Gasteiger partial charge in [0.1, 0.15) is 12.3 Å². The predicted octanol–water partition coefficient (Wildman–Crippen LogP) is 1.08. The Bertz CT molecular complexity index is 523. The predicted molar refractivity (Wildman–Crippen MR) is 79.5 cm³/mol. The summed E-state index contributed by atoms with van der Waals surface area (Å²) in [5, 5.41) is 6.32. The lowest BCUT2D eigenvalue weighted by molar-refractivity contribution is -0.117. The van der Waals surface area contributed by atoms with Gasteiger partial charge in [0, 0.05) is 33.3 Å². The van der Waals surface area contributed by atoms with E-state index in [4.69, 9.17) is 9.26 Å². The van der Waals surface area contributed by atoms with Gasteiger partial charge in [-0.1, -0.05) is 5.16 Å². The molecule has 1 aliphatic rings. The first-order chi connectivity index (χ1) is 10.5. The molecule has 3 amide bonds. The zero-order valence-electron chi connectivity index (χ0n) is 13.2. The first-order valence-electron chi connectivity index (χ1n) is 7.26. The molecule has 0 saturated carbocycles. The third kappa shape index (κ3) is 4.45. The quantitative estimate of drug-likeness (QED) is 0.879. The monoisotopic (exact) mass is 310 g/mol. The van der Waals surface area contributed by atoms with Crippen LogP contribution >= 0.6 is 0 Å². The Balaban J connectivity index is 1.95. The van der Waals surface area contributed by atoms with Crippen LogP contribution in [0.25, 0.3) is 0 Å². The van der Waals surface area contributed by atoms with Crippen molar-refractivity contribution in [2.75, 3.05) is 39.1 Å². The fraction of sp³-hybridized carbons (Fsp3) is 0.643. The number of amides is 3. The number of anilines is 1. The molecule has 0 aliphatic carbocycles. The fourth-order valence-electron chi connectivity index (χ4n) is 2.31. The van der Waals surface area contributed by atoms with Crippen molar-refractivity contribution >= 4 is 17.8 Å². The van der Waals surface area contributed by atoms with Crippen LogP contribution in [0, 0.1) is 6.92 Å². The van der Waals surface area contributed by atoms with Crippen LogP contribution in [-0.2, 0) is 9.53 Å². The van der Waals surface area contributed by atoms with Crippen molar-refractivity contribution in [3.05, 3.63) is 11.8 Å². The summed E-state index contributed by atoms with van der Waals surface area (Å²) in [6, 6.07) is 1.40. The topological polar surface area (TPSA) is 87.9 Å². The number of hydrogen-bond donors (Lipinski definition) is 1. The van der Waals surface area contributed by atoms with Crippen LogP contribution in [0.1, 0.15) is 18.6 Å². The Labute approximate surface area is 129 Å². The van der Waals surface area contributed by atoms with E-state index in [1.54, 1.807) is 27.1 Å². The Morgan fingerprint density at radius 2 is 2.23 bits per heavy atom. The molecule has 1 fully saturated rings. The van der Waals surface area contributed by atoms with Gasteiger partial charge in [-0.05, 0) is 19.8 Å². The van der Waals surface area contributed by atoms with Crippen LogP contribution in [0.3, 0.4) is 0 Å². The van der Waals surface area contributed by atoms with Crippen LogP contribution in [-0.4, -0.2) is 66.8 Å². The summed E-state index contributed by atoms with van der Waals surface area (Å²) in [5.41, 5.74) is 0. The van der Waals surface area contributed by atoms with Crippen LogP contribution in [0.15, 0.2) is 10.6 Å². The van der Waals surface area contributed by atoms with Gasteiger partial charge in [-0.25, -0.2) is 4.79 Å². The first-order valence-corrected chi connectivity index (χ1v) is 7.26. The number of nitrogens with zero attached hydrogens (tertiary/aromatic N) is 3. The van der Waals surface area contributed by atoms with E-state index in [0.717, 1.165) is 12.8 Å². The third-order valence-corrected chi connectivity index (χ3v) is 3.33. The van der Waals surface area contributed by atoms with Gasteiger partial charge in [-0.2, -0.15) is 0 Å². The number of rotatable bonds is 5. The summed E-state index contributed by atoms with van der Waals surface area (Å²) in [4.78, 5) is 27.2. The molecule has 1 atom stereocenters. The maximum absolute atomic E-state index is 12.2. The molecule has 1 aromatic rings. The number of carbonyl (C=O) groups excluding carboxylic acids is 2. The number of nitrogens with one attached hydrogen (secondary N) is 1. The Hall–Kier alpha value is -2.09. The Morgan fingerprint density at radius 1 is 1.45 bits per heavy atom. The summed E-state index contributed by atoms with van der Waals surface area (Å²) in [6.07, 6.45) is 1.88. The second kappa shape index (κ2) is 7.26. The minimum Gasteiger partial charge on any atom is -0.376 e. The number of urea groups is 1. The molecule has 2 rings (SSSR count). The second-order valence-corrected chi connectivity index (χ2v) is 5.56. The molecule has 8 heteroatoms. The van der Waals surface area contributed by atoms with Crippen molar-refractivity contribution in [2.45, 2.75) is 25.9 Å². The average molecular weight is 310 g/mol. The third-order valence-electron chi connectivity index (χ3n) is 3.33. The molecule has 0 bridgehead atoms. The van der Waals surface area contributed by atoms with E-state index in [2.05, 4.69) is 10.5 Å². The van der Waals surface area contributed by atoms with Crippen molar-refractivity contribution in [3.63, 3.8) is 0 Å². The fourth-order valence-corrected chi connectivity index (χ4v) is 2.31. The average Bonchev–Trinajstić information content (AvgIpc) is 3.09. The summed E-state index contributed by atoms with van der Waals surface area (Å²) in [7, 11) is 3.31. The van der Waals surface area contributed by atoms with Gasteiger partial charge in [-0.3, -0.25) is 4.79 Å². The van der Waals surface area contributed by atoms with E-state index >= 15 is 0 Å². The van der Waals surface area contributed by atoms with Crippen LogP contribution in [0.4, 0.5) is 10.6 Å². The molecular weight excluding hydrogens is 288 g/mol. The lowest BCUT2D eigenvalue weighted by Gasteiger charge is -2.27. The van der Waals surface area contributed by atoms with Gasteiger partial charge in [0.15, 0.2) is 5.82 Å². The normalized spacial score (nSPS) is 17.3. The highest BCUT2D eigenvalue weighted by atomic mass is 16.5. The summed E-state index contributed by atoms with van der Waals surface area (Å²) in [6.45, 7) is 2.80. The molecule has 0 spiro atoms. The van der Waals surface area contributed by atoms with Gasteiger partial charge in [0.05, 0.1) is 6.10 Å². The highest BCUT2D eigenvalue weighted by Crippen LogP contribution is 2.14. The number of aromatic nitrogens is 1. The van der Waals surface area contributed by atoms with E-state index in [1.165, 1.54) is 9.80 Å². The molecule has 0 radical (unpaired) electrons. The van der Waals surface area contributed by atoms with Crippen molar-refractivity contribution in [2.24, 2.45) is 0 Å². The van der Waals surface area contributed by atoms with Crippen molar-refractivity contribution in [1.82, 2.24) is 15.0 Å². The maximum atomic E-state index is 12.2. The molecule has 2 heterocycles. The highest BCUT2D eigenvalue weighted by Gasteiger charge is 2.25. The van der Waals surface area contributed by atoms with E-state index in [1.807, 2.05) is 0 Å². The van der Waals surface area contributed by atoms with E-state index < -0.39 is 0 Å². The molecule has 22 heavy (non-hydrogen) atoms.